The fourth-order valence-corrected chi connectivity index (χ4v) is 15.0. The zero-order valence-electron chi connectivity index (χ0n) is 39.8. The normalized spacial score (nSPS) is 52.9. The number of aliphatic hydroxyl groups excluding tert-OH is 10. The van der Waals surface area contributed by atoms with Gasteiger partial charge in [0.1, 0.15) is 67.1 Å². The van der Waals surface area contributed by atoms with Gasteiger partial charge in [0, 0.05) is 0 Å². The number of hydrogen-bond donors (Lipinski definition) is 10. The van der Waals surface area contributed by atoms with Crippen molar-refractivity contribution < 1.29 is 93.8 Å². The van der Waals surface area contributed by atoms with Crippen LogP contribution in [0.5, 0.6) is 0 Å². The van der Waals surface area contributed by atoms with Crippen molar-refractivity contribution in [3.05, 3.63) is 11.6 Å². The molecule has 19 heteroatoms. The van der Waals surface area contributed by atoms with Crippen LogP contribution in [0.2, 0.25) is 0 Å². The molecule has 382 valence electrons. The third kappa shape index (κ3) is 7.97. The SMILES string of the molecule is COC(=O)[C@]1(C)CC[C@]2(C(=O)O[C@@H]3O[C@H](CO)[C@@H](O)[C@H](O)[C@H]3O)CC[C@]3(C)C(=CC[C@@H]4[C@@]5(C)CC[C@H](O[C@@H]6O[C@H](CO)[C@@H](O)[C@H](O[C@@H]7OC[C@H](O)[C@H](O)[C@H]7O)[C@H]6O)C(C)(C)[C@@H]5CC[C@]43C)[C@@H]2C1. The number of carbonyl (C=O) groups excluding carboxylic acids is 2. The van der Waals surface area contributed by atoms with E-state index in [1.54, 1.807) is 0 Å². The quantitative estimate of drug-likeness (QED) is 0.0822. The molecule has 67 heavy (non-hydrogen) atoms. The molecular weight excluding hydrogens is 881 g/mol. The largest absolute Gasteiger partial charge is 0.469 e. The van der Waals surface area contributed by atoms with Crippen LogP contribution in [0.1, 0.15) is 106 Å². The van der Waals surface area contributed by atoms with Crippen LogP contribution in [0.3, 0.4) is 0 Å². The van der Waals surface area contributed by atoms with Crippen LogP contribution in [-0.4, -0.2) is 182 Å². The van der Waals surface area contributed by atoms with E-state index in [1.165, 1.54) is 7.11 Å². The molecule has 8 aliphatic rings. The van der Waals surface area contributed by atoms with E-state index < -0.39 is 139 Å². The maximum absolute atomic E-state index is 14.8. The van der Waals surface area contributed by atoms with Gasteiger partial charge in [-0.25, -0.2) is 0 Å². The van der Waals surface area contributed by atoms with E-state index in [0.29, 0.717) is 44.9 Å². The average molecular weight is 957 g/mol. The standard InChI is InChI=1S/C48H76O19/c1-43(2)27-10-13-47(6)28(45(27,4)12-11-29(43)65-40-36(58)37(32(54)26(20-50)64-40)66-38-34(56)30(52)24(51)21-62-38)9-8-22-23-18-44(3,41(59)61-7)14-16-48(23,17-15-46(22,47)5)42(60)67-39-35(57)33(55)31(53)25(19-49)63-39/h8,23-40,49-58H,9-21H2,1-7H3/t23-,24-,25+,26+,27-,28+,29-,30-,31+,32+,33-,34+,35+,36+,37-,38-,39-,40-,44+,45-,46+,47+,48-/m0/s1. The summed E-state index contributed by atoms with van der Waals surface area (Å²) >= 11 is 0. The van der Waals surface area contributed by atoms with Crippen molar-refractivity contribution in [1.29, 1.82) is 0 Å². The van der Waals surface area contributed by atoms with Gasteiger partial charge in [0.15, 0.2) is 12.6 Å². The number of carbonyl (C=O) groups is 2. The van der Waals surface area contributed by atoms with Crippen LogP contribution in [0.25, 0.3) is 0 Å². The molecule has 0 aromatic rings. The predicted octanol–water partition coefficient (Wildman–Crippen LogP) is -0.0673. The number of fused-ring (bicyclic) bond motifs is 7. The van der Waals surface area contributed by atoms with Crippen molar-refractivity contribution in [3.8, 4) is 0 Å². The summed E-state index contributed by atoms with van der Waals surface area (Å²) in [7, 11) is 1.37. The van der Waals surface area contributed by atoms with E-state index in [1.807, 2.05) is 6.92 Å². The highest BCUT2D eigenvalue weighted by Gasteiger charge is 2.71. The summed E-state index contributed by atoms with van der Waals surface area (Å²) in [6.07, 6.45) is -13.6. The van der Waals surface area contributed by atoms with Crippen LogP contribution in [0, 0.1) is 50.2 Å². The number of rotatable bonds is 9. The highest BCUT2D eigenvalue weighted by Crippen LogP contribution is 2.76. The molecule has 0 aromatic heterocycles. The lowest BCUT2D eigenvalue weighted by molar-refractivity contribution is -0.361. The molecule has 0 aromatic carbocycles. The first kappa shape index (κ1) is 51.4. The number of allylic oxidation sites excluding steroid dienone is 2. The molecular formula is C48H76O19. The maximum Gasteiger partial charge on any atom is 0.315 e. The van der Waals surface area contributed by atoms with Crippen molar-refractivity contribution >= 4 is 11.9 Å². The number of methoxy groups -OCH3 is 1. The molecule has 0 spiro atoms. The van der Waals surface area contributed by atoms with E-state index in [2.05, 4.69) is 40.7 Å². The Morgan fingerprint density at radius 2 is 1.31 bits per heavy atom. The molecule has 4 saturated carbocycles. The first-order chi connectivity index (χ1) is 31.4. The Labute approximate surface area is 391 Å². The van der Waals surface area contributed by atoms with Gasteiger partial charge in [0.05, 0.1) is 43.9 Å². The van der Waals surface area contributed by atoms with Gasteiger partial charge < -0.3 is 84.2 Å². The van der Waals surface area contributed by atoms with E-state index in [-0.39, 0.29) is 35.2 Å². The van der Waals surface area contributed by atoms with Crippen molar-refractivity contribution in [2.45, 2.75) is 198 Å². The number of hydrogen-bond acceptors (Lipinski definition) is 19. The second kappa shape index (κ2) is 18.3. The first-order valence-electron chi connectivity index (χ1n) is 24.3. The van der Waals surface area contributed by atoms with Gasteiger partial charge in [-0.05, 0) is 111 Å². The van der Waals surface area contributed by atoms with Gasteiger partial charge in [-0.2, -0.15) is 0 Å². The summed E-state index contributed by atoms with van der Waals surface area (Å²) in [5, 5.41) is 105. The molecule has 10 N–H and O–H groups in total. The Bertz CT molecular complexity index is 1860. The Hall–Kier alpha value is -1.92. The van der Waals surface area contributed by atoms with E-state index in [4.69, 9.17) is 33.2 Å². The lowest BCUT2D eigenvalue weighted by Crippen LogP contribution is -2.67. The summed E-state index contributed by atoms with van der Waals surface area (Å²) in [4.78, 5) is 28.3. The van der Waals surface area contributed by atoms with Crippen LogP contribution in [0.15, 0.2) is 11.6 Å². The van der Waals surface area contributed by atoms with E-state index >= 15 is 0 Å². The third-order valence-corrected chi connectivity index (χ3v) is 19.4. The van der Waals surface area contributed by atoms with Crippen LogP contribution in [-0.2, 0) is 42.7 Å². The summed E-state index contributed by atoms with van der Waals surface area (Å²) in [5.74, 6) is -1.10. The van der Waals surface area contributed by atoms with Crippen LogP contribution < -0.4 is 0 Å². The lowest BCUT2D eigenvalue weighted by Gasteiger charge is -2.71. The minimum atomic E-state index is -1.76. The summed E-state index contributed by atoms with van der Waals surface area (Å²) in [5.41, 5.74) is -2.25. The summed E-state index contributed by atoms with van der Waals surface area (Å²) in [6.45, 7) is 11.6. The van der Waals surface area contributed by atoms with Gasteiger partial charge >= 0.3 is 11.9 Å². The number of aliphatic hydroxyl groups is 10. The lowest BCUT2D eigenvalue weighted by atomic mass is 9.33. The molecule has 23 atom stereocenters. The smallest absolute Gasteiger partial charge is 0.315 e. The fraction of sp³-hybridized carbons (Fsp3) is 0.917. The van der Waals surface area contributed by atoms with Gasteiger partial charge in [-0.15, -0.1) is 0 Å². The summed E-state index contributed by atoms with van der Waals surface area (Å²) < 4.78 is 40.9. The minimum Gasteiger partial charge on any atom is -0.469 e. The monoisotopic (exact) mass is 956 g/mol. The van der Waals surface area contributed by atoms with E-state index in [9.17, 15) is 60.7 Å². The molecule has 3 aliphatic heterocycles. The fourth-order valence-electron chi connectivity index (χ4n) is 15.0. The molecule has 0 bridgehead atoms. The Balaban J connectivity index is 1.05. The van der Waals surface area contributed by atoms with Crippen molar-refractivity contribution in [2.24, 2.45) is 50.2 Å². The summed E-state index contributed by atoms with van der Waals surface area (Å²) in [6, 6.07) is 0. The van der Waals surface area contributed by atoms with Crippen LogP contribution in [0.4, 0.5) is 0 Å². The van der Waals surface area contributed by atoms with Gasteiger partial charge in [0.25, 0.3) is 0 Å². The predicted molar refractivity (Wildman–Crippen MR) is 231 cm³/mol. The highest BCUT2D eigenvalue weighted by atomic mass is 16.7. The number of ether oxygens (including phenoxy) is 7. The average Bonchev–Trinajstić information content (AvgIpc) is 3.29. The Morgan fingerprint density at radius 1 is 0.672 bits per heavy atom. The zero-order chi connectivity index (χ0) is 49.0. The first-order valence-corrected chi connectivity index (χ1v) is 24.3. The van der Waals surface area contributed by atoms with Crippen molar-refractivity contribution in [3.63, 3.8) is 0 Å². The van der Waals surface area contributed by atoms with Gasteiger partial charge in [0.2, 0.25) is 6.29 Å². The number of esters is 2. The zero-order valence-corrected chi connectivity index (χ0v) is 39.8. The molecule has 7 fully saturated rings. The third-order valence-electron chi connectivity index (χ3n) is 19.4. The molecule has 0 amide bonds. The van der Waals surface area contributed by atoms with Crippen LogP contribution >= 0.6 is 0 Å². The molecule has 5 aliphatic carbocycles. The topological polar surface area (TPSA) is 301 Å². The molecule has 3 saturated heterocycles. The van der Waals surface area contributed by atoms with Gasteiger partial charge in [-0.3, -0.25) is 9.59 Å². The highest BCUT2D eigenvalue weighted by molar-refractivity contribution is 5.81. The Morgan fingerprint density at radius 3 is 1.99 bits per heavy atom. The second-order valence-electron chi connectivity index (χ2n) is 22.9. The van der Waals surface area contributed by atoms with Gasteiger partial charge in [-0.1, -0.05) is 46.3 Å². The van der Waals surface area contributed by atoms with Crippen molar-refractivity contribution in [1.82, 2.24) is 0 Å². The Kier molecular flexibility index (Phi) is 14.0. The minimum absolute atomic E-state index is 0.134. The van der Waals surface area contributed by atoms with Crippen molar-refractivity contribution in [2.75, 3.05) is 26.9 Å². The molecule has 19 nitrogen and oxygen atoms in total. The molecule has 0 unspecified atom stereocenters. The molecule has 0 radical (unpaired) electrons. The molecule has 3 heterocycles. The van der Waals surface area contributed by atoms with E-state index in [0.717, 1.165) is 24.8 Å². The second-order valence-corrected chi connectivity index (χ2v) is 22.9. The maximum atomic E-state index is 14.8. The molecule has 8 rings (SSSR count).